The average molecular weight is 234 g/mol. The zero-order chi connectivity index (χ0) is 12.3. The highest BCUT2D eigenvalue weighted by Gasteiger charge is 2.38. The van der Waals surface area contributed by atoms with Gasteiger partial charge in [0.2, 0.25) is 0 Å². The molecule has 0 bridgehead atoms. The zero-order valence-electron chi connectivity index (χ0n) is 9.99. The molecule has 0 unspecified atom stereocenters. The van der Waals surface area contributed by atoms with Crippen molar-refractivity contribution in [2.45, 2.75) is 25.3 Å². The Kier molecular flexibility index (Phi) is 3.33. The molecule has 0 atom stereocenters. The molecule has 3 N–H and O–H groups in total. The molecule has 2 rings (SSSR count). The van der Waals surface area contributed by atoms with E-state index in [1.54, 1.807) is 0 Å². The van der Waals surface area contributed by atoms with E-state index in [1.807, 2.05) is 12.1 Å². The van der Waals surface area contributed by atoms with Crippen molar-refractivity contribution in [1.29, 1.82) is 0 Å². The van der Waals surface area contributed by atoms with Gasteiger partial charge in [0.15, 0.2) is 0 Å². The summed E-state index contributed by atoms with van der Waals surface area (Å²) in [5, 5.41) is 15.4. The Morgan fingerprint density at radius 2 is 2.06 bits per heavy atom. The normalized spacial score (nSPS) is 17.2. The van der Waals surface area contributed by atoms with Gasteiger partial charge in [-0.3, -0.25) is 4.79 Å². The first-order chi connectivity index (χ1) is 8.13. The van der Waals surface area contributed by atoms with Crippen LogP contribution < -0.4 is 10.6 Å². The van der Waals surface area contributed by atoms with Crippen LogP contribution in [-0.4, -0.2) is 29.7 Å². The van der Waals surface area contributed by atoms with E-state index in [2.05, 4.69) is 29.7 Å². The molecule has 0 saturated carbocycles. The molecule has 1 aliphatic heterocycles. The molecule has 1 aliphatic rings. The first-order valence-electron chi connectivity index (χ1n) is 5.93. The molecule has 0 aliphatic carbocycles. The zero-order valence-corrected chi connectivity index (χ0v) is 9.99. The van der Waals surface area contributed by atoms with Crippen LogP contribution in [0.4, 0.5) is 5.69 Å². The SMILES string of the molecule is CCc1ccc(NC2(CC(=O)O)CNC2)cc1. The summed E-state index contributed by atoms with van der Waals surface area (Å²) >= 11 is 0. The summed E-state index contributed by atoms with van der Waals surface area (Å²) in [7, 11) is 0. The summed E-state index contributed by atoms with van der Waals surface area (Å²) in [6.45, 7) is 3.52. The van der Waals surface area contributed by atoms with Crippen molar-refractivity contribution >= 4 is 11.7 Å². The molecule has 0 aromatic heterocycles. The lowest BCUT2D eigenvalue weighted by Crippen LogP contribution is -2.65. The van der Waals surface area contributed by atoms with Crippen LogP contribution in [-0.2, 0) is 11.2 Å². The van der Waals surface area contributed by atoms with Crippen LogP contribution in [0.25, 0.3) is 0 Å². The second-order valence-corrected chi connectivity index (χ2v) is 4.63. The summed E-state index contributed by atoms with van der Waals surface area (Å²) < 4.78 is 0. The van der Waals surface area contributed by atoms with Crippen LogP contribution in [0.3, 0.4) is 0 Å². The molecule has 1 fully saturated rings. The van der Waals surface area contributed by atoms with Gasteiger partial charge in [-0.05, 0) is 24.1 Å². The van der Waals surface area contributed by atoms with E-state index in [4.69, 9.17) is 5.11 Å². The Morgan fingerprint density at radius 3 is 2.47 bits per heavy atom. The highest BCUT2D eigenvalue weighted by atomic mass is 16.4. The maximum absolute atomic E-state index is 10.8. The Hall–Kier alpha value is -1.55. The van der Waals surface area contributed by atoms with Gasteiger partial charge in [-0.2, -0.15) is 0 Å². The smallest absolute Gasteiger partial charge is 0.305 e. The first-order valence-corrected chi connectivity index (χ1v) is 5.93. The summed E-state index contributed by atoms with van der Waals surface area (Å²) in [4.78, 5) is 10.8. The van der Waals surface area contributed by atoms with E-state index in [0.717, 1.165) is 12.1 Å². The molecular weight excluding hydrogens is 216 g/mol. The molecule has 4 heteroatoms. The minimum atomic E-state index is -0.760. The predicted molar refractivity (Wildman–Crippen MR) is 67.3 cm³/mol. The Labute approximate surface area is 101 Å². The minimum absolute atomic E-state index is 0.148. The fourth-order valence-electron chi connectivity index (χ4n) is 2.10. The van der Waals surface area contributed by atoms with E-state index in [9.17, 15) is 4.79 Å². The summed E-state index contributed by atoms with van der Waals surface area (Å²) in [6.07, 6.45) is 1.16. The number of carboxylic acid groups (broad SMARTS) is 1. The first kappa shape index (κ1) is 11.9. The van der Waals surface area contributed by atoms with Crippen molar-refractivity contribution in [1.82, 2.24) is 5.32 Å². The van der Waals surface area contributed by atoms with Gasteiger partial charge in [-0.15, -0.1) is 0 Å². The number of hydrogen-bond donors (Lipinski definition) is 3. The summed E-state index contributed by atoms with van der Waals surface area (Å²) in [6, 6.07) is 8.17. The molecule has 1 aromatic rings. The molecule has 0 radical (unpaired) electrons. The molecular formula is C13H18N2O2. The number of anilines is 1. The minimum Gasteiger partial charge on any atom is -0.481 e. The van der Waals surface area contributed by atoms with E-state index < -0.39 is 5.97 Å². The third-order valence-electron chi connectivity index (χ3n) is 3.19. The molecule has 1 aromatic carbocycles. The van der Waals surface area contributed by atoms with Crippen LogP contribution in [0, 0.1) is 0 Å². The molecule has 4 nitrogen and oxygen atoms in total. The van der Waals surface area contributed by atoms with Crippen LogP contribution in [0.5, 0.6) is 0 Å². The highest BCUT2D eigenvalue weighted by Crippen LogP contribution is 2.23. The lowest BCUT2D eigenvalue weighted by Gasteiger charge is -2.43. The molecule has 92 valence electrons. The Bertz CT molecular complexity index is 396. The van der Waals surface area contributed by atoms with Gasteiger partial charge < -0.3 is 15.7 Å². The Morgan fingerprint density at radius 1 is 1.41 bits per heavy atom. The third-order valence-corrected chi connectivity index (χ3v) is 3.19. The van der Waals surface area contributed by atoms with Gasteiger partial charge in [0.1, 0.15) is 0 Å². The van der Waals surface area contributed by atoms with Crippen LogP contribution in [0.1, 0.15) is 18.9 Å². The van der Waals surface area contributed by atoms with Crippen molar-refractivity contribution in [2.75, 3.05) is 18.4 Å². The van der Waals surface area contributed by atoms with Gasteiger partial charge in [0.25, 0.3) is 0 Å². The van der Waals surface area contributed by atoms with Gasteiger partial charge in [-0.25, -0.2) is 0 Å². The molecule has 1 heterocycles. The largest absolute Gasteiger partial charge is 0.481 e. The van der Waals surface area contributed by atoms with Gasteiger partial charge in [0.05, 0.1) is 12.0 Å². The van der Waals surface area contributed by atoms with Crippen molar-refractivity contribution in [3.63, 3.8) is 0 Å². The summed E-state index contributed by atoms with van der Waals surface area (Å²) in [5.41, 5.74) is 1.96. The molecule has 0 amide bonds. The van der Waals surface area contributed by atoms with Crippen molar-refractivity contribution in [2.24, 2.45) is 0 Å². The van der Waals surface area contributed by atoms with Crippen molar-refractivity contribution in [3.05, 3.63) is 29.8 Å². The van der Waals surface area contributed by atoms with Gasteiger partial charge in [-0.1, -0.05) is 19.1 Å². The fraction of sp³-hybridized carbons (Fsp3) is 0.462. The number of aryl methyl sites for hydroxylation is 1. The van der Waals surface area contributed by atoms with Crippen LogP contribution in [0.2, 0.25) is 0 Å². The number of benzene rings is 1. The summed E-state index contributed by atoms with van der Waals surface area (Å²) in [5.74, 6) is -0.760. The maximum atomic E-state index is 10.8. The van der Waals surface area contributed by atoms with E-state index >= 15 is 0 Å². The maximum Gasteiger partial charge on any atom is 0.305 e. The average Bonchev–Trinajstić information content (AvgIpc) is 2.26. The molecule has 1 saturated heterocycles. The highest BCUT2D eigenvalue weighted by molar-refractivity contribution is 5.70. The van der Waals surface area contributed by atoms with Crippen LogP contribution in [0.15, 0.2) is 24.3 Å². The van der Waals surface area contributed by atoms with Crippen LogP contribution >= 0.6 is 0 Å². The van der Waals surface area contributed by atoms with Crippen molar-refractivity contribution < 1.29 is 9.90 Å². The monoisotopic (exact) mass is 234 g/mol. The lowest BCUT2D eigenvalue weighted by molar-refractivity contribution is -0.138. The number of nitrogens with one attached hydrogen (secondary N) is 2. The van der Waals surface area contributed by atoms with E-state index in [1.165, 1.54) is 5.56 Å². The number of aliphatic carboxylic acids is 1. The Balaban J connectivity index is 2.04. The topological polar surface area (TPSA) is 61.4 Å². The number of carbonyl (C=O) groups is 1. The second kappa shape index (κ2) is 4.75. The standard InChI is InChI=1S/C13H18N2O2/c1-2-10-3-5-11(6-4-10)15-13(7-12(16)17)8-14-9-13/h3-6,14-15H,2,7-9H2,1H3,(H,16,17). The second-order valence-electron chi connectivity index (χ2n) is 4.63. The number of rotatable bonds is 5. The lowest BCUT2D eigenvalue weighted by atomic mass is 9.88. The number of hydrogen-bond acceptors (Lipinski definition) is 3. The van der Waals surface area contributed by atoms with E-state index in [0.29, 0.717) is 13.1 Å². The van der Waals surface area contributed by atoms with Gasteiger partial charge >= 0.3 is 5.97 Å². The van der Waals surface area contributed by atoms with Gasteiger partial charge in [0, 0.05) is 18.8 Å². The molecule has 17 heavy (non-hydrogen) atoms. The predicted octanol–water partition coefficient (Wildman–Crippen LogP) is 1.48. The number of carboxylic acids is 1. The quantitative estimate of drug-likeness (QED) is 0.722. The third kappa shape index (κ3) is 2.77. The fourth-order valence-corrected chi connectivity index (χ4v) is 2.10. The molecule has 0 spiro atoms. The van der Waals surface area contributed by atoms with Crippen molar-refractivity contribution in [3.8, 4) is 0 Å². The van der Waals surface area contributed by atoms with E-state index in [-0.39, 0.29) is 12.0 Å².